The molecule has 0 bridgehead atoms. The van der Waals surface area contributed by atoms with E-state index in [9.17, 15) is 13.2 Å². The number of amides is 1. The van der Waals surface area contributed by atoms with Gasteiger partial charge in [-0.25, -0.2) is 8.42 Å². The number of carbonyl (C=O) groups excluding carboxylic acids is 1. The first-order valence-electron chi connectivity index (χ1n) is 8.63. The Labute approximate surface area is 163 Å². The van der Waals surface area contributed by atoms with Gasteiger partial charge in [-0.05, 0) is 35.7 Å². The number of hydrogen-bond acceptors (Lipinski definition) is 5. The second kappa shape index (κ2) is 8.79. The van der Waals surface area contributed by atoms with E-state index in [1.165, 1.54) is 16.4 Å². The molecule has 144 valence electrons. The molecule has 1 aromatic heterocycles. The minimum Gasteiger partial charge on any atom is -0.379 e. The van der Waals surface area contributed by atoms with Crippen molar-refractivity contribution in [3.05, 3.63) is 64.9 Å². The zero-order valence-electron chi connectivity index (χ0n) is 14.9. The van der Waals surface area contributed by atoms with E-state index in [4.69, 9.17) is 4.74 Å². The van der Waals surface area contributed by atoms with E-state index in [0.29, 0.717) is 45.0 Å². The molecule has 0 radical (unpaired) electrons. The molecule has 0 saturated carbocycles. The van der Waals surface area contributed by atoms with Crippen LogP contribution in [0.1, 0.15) is 15.2 Å². The molecule has 2 aromatic rings. The van der Waals surface area contributed by atoms with Crippen molar-refractivity contribution in [3.63, 3.8) is 0 Å². The van der Waals surface area contributed by atoms with Crippen LogP contribution in [-0.2, 0) is 21.3 Å². The standard InChI is InChI=1S/C19H22N2O4S2/c1-2-9-20(15-17-4-3-14-26-17)19(22)16-5-7-18(8-6-16)27(23,24)21-10-12-25-13-11-21/h2-8,14H,1,9-13,15H2. The highest BCUT2D eigenvalue weighted by Gasteiger charge is 2.26. The number of nitrogens with zero attached hydrogens (tertiary/aromatic N) is 2. The van der Waals surface area contributed by atoms with Gasteiger partial charge in [0.2, 0.25) is 10.0 Å². The Kier molecular flexibility index (Phi) is 6.43. The van der Waals surface area contributed by atoms with Crippen LogP contribution in [-0.4, -0.2) is 56.4 Å². The fourth-order valence-corrected chi connectivity index (χ4v) is 4.98. The summed E-state index contributed by atoms with van der Waals surface area (Å²) in [5.41, 5.74) is 0.453. The quantitative estimate of drug-likeness (QED) is 0.663. The molecule has 0 atom stereocenters. The Morgan fingerprint density at radius 2 is 1.93 bits per heavy atom. The number of morpholine rings is 1. The van der Waals surface area contributed by atoms with Gasteiger partial charge in [0.25, 0.3) is 5.91 Å². The summed E-state index contributed by atoms with van der Waals surface area (Å²) in [6.45, 7) is 6.12. The highest BCUT2D eigenvalue weighted by molar-refractivity contribution is 7.89. The lowest BCUT2D eigenvalue weighted by molar-refractivity contribution is 0.0730. The van der Waals surface area contributed by atoms with Gasteiger partial charge in [0, 0.05) is 30.1 Å². The lowest BCUT2D eigenvalue weighted by Gasteiger charge is -2.26. The van der Waals surface area contributed by atoms with Gasteiger partial charge in [0.1, 0.15) is 0 Å². The summed E-state index contributed by atoms with van der Waals surface area (Å²) < 4.78 is 32.0. The van der Waals surface area contributed by atoms with Gasteiger partial charge in [-0.2, -0.15) is 4.31 Å². The van der Waals surface area contributed by atoms with Crippen molar-refractivity contribution in [1.29, 1.82) is 0 Å². The normalized spacial score (nSPS) is 15.4. The molecule has 8 heteroatoms. The van der Waals surface area contributed by atoms with Crippen LogP contribution < -0.4 is 0 Å². The predicted molar refractivity (Wildman–Crippen MR) is 105 cm³/mol. The van der Waals surface area contributed by atoms with E-state index in [1.54, 1.807) is 34.4 Å². The third kappa shape index (κ3) is 4.65. The molecular weight excluding hydrogens is 384 g/mol. The Balaban J connectivity index is 1.76. The van der Waals surface area contributed by atoms with Crippen molar-refractivity contribution in [2.75, 3.05) is 32.8 Å². The van der Waals surface area contributed by atoms with Gasteiger partial charge in [-0.15, -0.1) is 17.9 Å². The molecule has 27 heavy (non-hydrogen) atoms. The van der Waals surface area contributed by atoms with Crippen LogP contribution in [0.3, 0.4) is 0 Å². The summed E-state index contributed by atoms with van der Waals surface area (Å²) >= 11 is 1.59. The number of benzene rings is 1. The zero-order chi connectivity index (χ0) is 19.3. The average Bonchev–Trinajstić information content (AvgIpc) is 3.21. The summed E-state index contributed by atoms with van der Waals surface area (Å²) in [5, 5.41) is 1.97. The predicted octanol–water partition coefficient (Wildman–Crippen LogP) is 2.60. The van der Waals surface area contributed by atoms with Crippen molar-refractivity contribution < 1.29 is 17.9 Å². The molecule has 0 unspecified atom stereocenters. The highest BCUT2D eigenvalue weighted by atomic mass is 32.2. The first kappa shape index (κ1) is 19.8. The van der Waals surface area contributed by atoms with Crippen molar-refractivity contribution in [2.45, 2.75) is 11.4 Å². The molecule has 1 amide bonds. The van der Waals surface area contributed by atoms with Crippen molar-refractivity contribution in [3.8, 4) is 0 Å². The molecule has 1 aromatic carbocycles. The van der Waals surface area contributed by atoms with Crippen LogP contribution in [0.2, 0.25) is 0 Å². The molecule has 1 aliphatic rings. The molecule has 2 heterocycles. The molecule has 3 rings (SSSR count). The van der Waals surface area contributed by atoms with Crippen LogP contribution in [0, 0.1) is 0 Å². The highest BCUT2D eigenvalue weighted by Crippen LogP contribution is 2.19. The number of ether oxygens (including phenoxy) is 1. The zero-order valence-corrected chi connectivity index (χ0v) is 16.5. The minimum atomic E-state index is -3.56. The van der Waals surface area contributed by atoms with Crippen molar-refractivity contribution in [1.82, 2.24) is 9.21 Å². The lowest BCUT2D eigenvalue weighted by Crippen LogP contribution is -2.40. The molecule has 0 N–H and O–H groups in total. The second-order valence-corrected chi connectivity index (χ2v) is 9.06. The largest absolute Gasteiger partial charge is 0.379 e. The Morgan fingerprint density at radius 3 is 2.52 bits per heavy atom. The Bertz CT molecular complexity index is 871. The Morgan fingerprint density at radius 1 is 1.22 bits per heavy atom. The molecule has 1 aliphatic heterocycles. The minimum absolute atomic E-state index is 0.154. The topological polar surface area (TPSA) is 66.9 Å². The lowest BCUT2D eigenvalue weighted by atomic mass is 10.2. The Hall–Kier alpha value is -2.00. The summed E-state index contributed by atoms with van der Waals surface area (Å²) in [4.78, 5) is 15.8. The van der Waals surface area contributed by atoms with E-state index in [-0.39, 0.29) is 10.8 Å². The summed E-state index contributed by atoms with van der Waals surface area (Å²) in [6.07, 6.45) is 1.68. The number of hydrogen-bond donors (Lipinski definition) is 0. The monoisotopic (exact) mass is 406 g/mol. The van der Waals surface area contributed by atoms with Crippen LogP contribution in [0.4, 0.5) is 0 Å². The summed E-state index contributed by atoms with van der Waals surface area (Å²) in [6, 6.07) is 10.1. The molecule has 1 saturated heterocycles. The fraction of sp³-hybridized carbons (Fsp3) is 0.316. The van der Waals surface area contributed by atoms with Crippen LogP contribution in [0.5, 0.6) is 0 Å². The number of sulfonamides is 1. The maximum atomic E-state index is 12.8. The van der Waals surface area contributed by atoms with Crippen LogP contribution in [0.25, 0.3) is 0 Å². The third-order valence-corrected chi connectivity index (χ3v) is 7.05. The first-order valence-corrected chi connectivity index (χ1v) is 10.9. The van der Waals surface area contributed by atoms with Gasteiger partial charge in [0.15, 0.2) is 0 Å². The first-order chi connectivity index (χ1) is 13.0. The number of thiophene rings is 1. The van der Waals surface area contributed by atoms with Crippen LogP contribution >= 0.6 is 11.3 Å². The van der Waals surface area contributed by atoms with E-state index >= 15 is 0 Å². The van der Waals surface area contributed by atoms with Gasteiger partial charge >= 0.3 is 0 Å². The molecular formula is C19H22N2O4S2. The molecule has 6 nitrogen and oxygen atoms in total. The molecule has 1 fully saturated rings. The maximum Gasteiger partial charge on any atom is 0.254 e. The van der Waals surface area contributed by atoms with Gasteiger partial charge < -0.3 is 9.64 Å². The van der Waals surface area contributed by atoms with E-state index < -0.39 is 10.0 Å². The molecule has 0 aliphatic carbocycles. The maximum absolute atomic E-state index is 12.8. The molecule has 0 spiro atoms. The number of rotatable bonds is 7. The SMILES string of the molecule is C=CCN(Cc1cccs1)C(=O)c1ccc(S(=O)(=O)N2CCOCC2)cc1. The smallest absolute Gasteiger partial charge is 0.254 e. The average molecular weight is 407 g/mol. The van der Waals surface area contributed by atoms with Gasteiger partial charge in [0.05, 0.1) is 24.7 Å². The van der Waals surface area contributed by atoms with Crippen LogP contribution in [0.15, 0.2) is 59.3 Å². The van der Waals surface area contributed by atoms with E-state index in [1.807, 2.05) is 17.5 Å². The van der Waals surface area contributed by atoms with E-state index in [0.717, 1.165) is 4.88 Å². The summed E-state index contributed by atoms with van der Waals surface area (Å²) in [5.74, 6) is -0.154. The van der Waals surface area contributed by atoms with Gasteiger partial charge in [-0.3, -0.25) is 4.79 Å². The van der Waals surface area contributed by atoms with Gasteiger partial charge in [-0.1, -0.05) is 12.1 Å². The number of carbonyl (C=O) groups is 1. The van der Waals surface area contributed by atoms with E-state index in [2.05, 4.69) is 6.58 Å². The third-order valence-electron chi connectivity index (χ3n) is 4.27. The second-order valence-electron chi connectivity index (χ2n) is 6.09. The fourth-order valence-electron chi connectivity index (χ4n) is 2.85. The summed E-state index contributed by atoms with van der Waals surface area (Å²) in [7, 11) is -3.56. The van der Waals surface area contributed by atoms with Crippen molar-refractivity contribution >= 4 is 27.3 Å². The van der Waals surface area contributed by atoms with Crippen molar-refractivity contribution in [2.24, 2.45) is 0 Å².